The van der Waals surface area contributed by atoms with Crippen molar-refractivity contribution in [1.29, 1.82) is 0 Å². The van der Waals surface area contributed by atoms with Crippen molar-refractivity contribution in [3.05, 3.63) is 12.7 Å². The van der Waals surface area contributed by atoms with Crippen LogP contribution in [-0.4, -0.2) is 194 Å². The summed E-state index contributed by atoms with van der Waals surface area (Å²) in [5.41, 5.74) is 0. The molecule has 59 heavy (non-hydrogen) atoms. The highest BCUT2D eigenvalue weighted by Gasteiger charge is 2.15. The minimum atomic E-state index is 0.0679. The van der Waals surface area contributed by atoms with Gasteiger partial charge in [-0.05, 0) is 32.1 Å². The fourth-order valence-electron chi connectivity index (χ4n) is 5.03. The van der Waals surface area contributed by atoms with Crippen LogP contribution < -0.4 is 10.6 Å². The van der Waals surface area contributed by atoms with Gasteiger partial charge < -0.3 is 67.5 Å². The van der Waals surface area contributed by atoms with Crippen molar-refractivity contribution in [1.82, 2.24) is 10.6 Å². The SMILES string of the molecule is C=CCNC(=O)CCCCCOCCOCCOCCOCCOCCOCCOCCOCCOCCOCCOCCOCCNC(=O)CCCC[C@@H]1CCSS1. The van der Waals surface area contributed by atoms with E-state index in [9.17, 15) is 9.59 Å². The Kier molecular flexibility index (Phi) is 45.4. The zero-order valence-electron chi connectivity index (χ0n) is 35.8. The first-order valence-electron chi connectivity index (χ1n) is 21.6. The van der Waals surface area contributed by atoms with Gasteiger partial charge in [-0.3, -0.25) is 9.59 Å². The zero-order chi connectivity index (χ0) is 42.2. The van der Waals surface area contributed by atoms with Crippen LogP contribution in [0.15, 0.2) is 12.7 Å². The van der Waals surface area contributed by atoms with Crippen molar-refractivity contribution in [2.75, 3.05) is 177 Å². The maximum atomic E-state index is 11.9. The fourth-order valence-corrected chi connectivity index (χ4v) is 8.06. The van der Waals surface area contributed by atoms with E-state index in [-0.39, 0.29) is 11.8 Å². The van der Waals surface area contributed by atoms with E-state index in [1.807, 2.05) is 21.6 Å². The quantitative estimate of drug-likeness (QED) is 0.0513. The van der Waals surface area contributed by atoms with Gasteiger partial charge >= 0.3 is 0 Å². The molecular weight excluding hydrogens is 809 g/mol. The molecule has 348 valence electrons. The highest BCUT2D eigenvalue weighted by Crippen LogP contribution is 2.39. The average Bonchev–Trinajstić information content (AvgIpc) is 3.77. The topological polar surface area (TPSA) is 169 Å². The van der Waals surface area contributed by atoms with Gasteiger partial charge in [-0.1, -0.05) is 40.5 Å². The Balaban J connectivity index is 1.61. The lowest BCUT2D eigenvalue weighted by Crippen LogP contribution is -2.27. The number of amides is 2. The number of carbonyl (C=O) groups excluding carboxylic acids is 2. The van der Waals surface area contributed by atoms with E-state index in [4.69, 9.17) is 56.8 Å². The first kappa shape index (κ1) is 55.9. The van der Waals surface area contributed by atoms with Crippen LogP contribution in [0.2, 0.25) is 0 Å². The van der Waals surface area contributed by atoms with Gasteiger partial charge in [-0.2, -0.15) is 0 Å². The third-order valence-corrected chi connectivity index (χ3v) is 11.2. The summed E-state index contributed by atoms with van der Waals surface area (Å²) in [6.07, 6.45) is 10.2. The summed E-state index contributed by atoms with van der Waals surface area (Å²) in [5, 5.41) is 6.47. The van der Waals surface area contributed by atoms with Crippen LogP contribution in [0.4, 0.5) is 0 Å². The van der Waals surface area contributed by atoms with Gasteiger partial charge in [0.25, 0.3) is 0 Å². The molecule has 0 aromatic carbocycles. The molecule has 18 heteroatoms. The maximum Gasteiger partial charge on any atom is 0.220 e. The number of unbranched alkanes of at least 4 members (excludes halogenated alkanes) is 3. The Morgan fingerprint density at radius 2 is 0.814 bits per heavy atom. The lowest BCUT2D eigenvalue weighted by Gasteiger charge is -2.09. The van der Waals surface area contributed by atoms with E-state index in [0.29, 0.717) is 184 Å². The molecule has 0 radical (unpaired) electrons. The van der Waals surface area contributed by atoms with Gasteiger partial charge in [-0.25, -0.2) is 0 Å². The standard InChI is InChI=1S/C41H78N2O14S2/c1-2-12-42-40(44)9-4-3-7-14-46-16-18-48-20-22-50-24-26-52-28-30-54-32-34-56-36-37-57-35-33-55-31-29-53-27-25-51-23-21-49-19-17-47-15-13-43-41(45)10-6-5-8-39-11-38-58-59-39/h2,39H,1,3-38H2,(H,42,44)(H,43,45)/t39-/m1/s1. The number of carbonyl (C=O) groups is 2. The van der Waals surface area contributed by atoms with Crippen LogP contribution >= 0.6 is 21.6 Å². The summed E-state index contributed by atoms with van der Waals surface area (Å²) in [7, 11) is 3.97. The van der Waals surface area contributed by atoms with E-state index in [1.54, 1.807) is 6.08 Å². The summed E-state index contributed by atoms with van der Waals surface area (Å²) in [6.45, 7) is 16.8. The van der Waals surface area contributed by atoms with Crippen molar-refractivity contribution in [2.24, 2.45) is 0 Å². The number of rotatable bonds is 49. The van der Waals surface area contributed by atoms with Gasteiger partial charge in [0.1, 0.15) is 0 Å². The molecule has 2 N–H and O–H groups in total. The number of nitrogens with one attached hydrogen (secondary N) is 2. The average molecular weight is 887 g/mol. The zero-order valence-corrected chi connectivity index (χ0v) is 37.5. The maximum absolute atomic E-state index is 11.9. The summed E-state index contributed by atoms with van der Waals surface area (Å²) < 4.78 is 66.1. The minimum absolute atomic E-state index is 0.0679. The summed E-state index contributed by atoms with van der Waals surface area (Å²) in [6, 6.07) is 0. The van der Waals surface area contributed by atoms with Crippen LogP contribution in [0.5, 0.6) is 0 Å². The Hall–Kier alpha value is -1.10. The molecule has 0 aromatic heterocycles. The highest BCUT2D eigenvalue weighted by molar-refractivity contribution is 8.77. The molecule has 1 fully saturated rings. The van der Waals surface area contributed by atoms with E-state index >= 15 is 0 Å². The summed E-state index contributed by atoms with van der Waals surface area (Å²) in [5.74, 6) is 1.44. The van der Waals surface area contributed by atoms with E-state index in [1.165, 1.54) is 18.6 Å². The van der Waals surface area contributed by atoms with Crippen LogP contribution in [-0.2, 0) is 66.4 Å². The van der Waals surface area contributed by atoms with Gasteiger partial charge in [-0.15, -0.1) is 6.58 Å². The molecule has 1 rings (SSSR count). The van der Waals surface area contributed by atoms with E-state index in [0.717, 1.165) is 37.4 Å². The molecule has 0 saturated carbocycles. The predicted molar refractivity (Wildman–Crippen MR) is 231 cm³/mol. The molecule has 16 nitrogen and oxygen atoms in total. The van der Waals surface area contributed by atoms with Crippen molar-refractivity contribution < 1.29 is 66.4 Å². The first-order chi connectivity index (χ1) is 29.2. The second-order valence-electron chi connectivity index (χ2n) is 13.2. The van der Waals surface area contributed by atoms with Crippen molar-refractivity contribution in [3.63, 3.8) is 0 Å². The molecule has 0 aromatic rings. The third-order valence-electron chi connectivity index (χ3n) is 8.20. The second kappa shape index (κ2) is 47.9. The monoisotopic (exact) mass is 886 g/mol. The van der Waals surface area contributed by atoms with Gasteiger partial charge in [0.15, 0.2) is 0 Å². The van der Waals surface area contributed by atoms with Gasteiger partial charge in [0, 0.05) is 43.5 Å². The van der Waals surface area contributed by atoms with E-state index < -0.39 is 0 Å². The van der Waals surface area contributed by atoms with Crippen molar-refractivity contribution in [3.8, 4) is 0 Å². The van der Waals surface area contributed by atoms with Crippen molar-refractivity contribution >= 4 is 33.4 Å². The molecule has 0 aliphatic carbocycles. The number of ether oxygens (including phenoxy) is 12. The molecule has 1 aliphatic heterocycles. The predicted octanol–water partition coefficient (Wildman–Crippen LogP) is 3.88. The summed E-state index contributed by atoms with van der Waals surface area (Å²) in [4.78, 5) is 23.4. The fraction of sp³-hybridized carbons (Fsp3) is 0.902. The lowest BCUT2D eigenvalue weighted by molar-refractivity contribution is -0.122. The summed E-state index contributed by atoms with van der Waals surface area (Å²) >= 11 is 0. The largest absolute Gasteiger partial charge is 0.379 e. The van der Waals surface area contributed by atoms with Gasteiger partial charge in [0.05, 0.1) is 152 Å². The van der Waals surface area contributed by atoms with Crippen molar-refractivity contribution in [2.45, 2.75) is 63.0 Å². The Morgan fingerprint density at radius 3 is 1.19 bits per heavy atom. The molecule has 1 heterocycles. The third kappa shape index (κ3) is 44.8. The minimum Gasteiger partial charge on any atom is -0.379 e. The molecule has 1 aliphatic rings. The Labute approximate surface area is 362 Å². The number of hydrogen-bond acceptors (Lipinski definition) is 16. The normalized spacial score (nSPS) is 13.9. The smallest absolute Gasteiger partial charge is 0.220 e. The van der Waals surface area contributed by atoms with Crippen LogP contribution in [0, 0.1) is 0 Å². The molecule has 0 unspecified atom stereocenters. The molecule has 1 saturated heterocycles. The molecule has 0 spiro atoms. The van der Waals surface area contributed by atoms with Crippen LogP contribution in [0.3, 0.4) is 0 Å². The molecule has 2 amide bonds. The first-order valence-corrected chi connectivity index (χ1v) is 24.0. The van der Waals surface area contributed by atoms with E-state index in [2.05, 4.69) is 17.2 Å². The van der Waals surface area contributed by atoms with Gasteiger partial charge in [0.2, 0.25) is 11.8 Å². The lowest BCUT2D eigenvalue weighted by atomic mass is 10.1. The molecule has 1 atom stereocenters. The number of hydrogen-bond donors (Lipinski definition) is 2. The Bertz CT molecular complexity index is 912. The molecule has 0 bridgehead atoms. The van der Waals surface area contributed by atoms with Crippen LogP contribution in [0.25, 0.3) is 0 Å². The Morgan fingerprint density at radius 1 is 0.458 bits per heavy atom. The van der Waals surface area contributed by atoms with Crippen LogP contribution in [0.1, 0.15) is 57.8 Å². The molecular formula is C41H78N2O14S2. The highest BCUT2D eigenvalue weighted by atomic mass is 33.1. The second-order valence-corrected chi connectivity index (χ2v) is 16.0.